The first-order chi connectivity index (χ1) is 10.6. The zero-order valence-corrected chi connectivity index (χ0v) is 13.7. The zero-order chi connectivity index (χ0) is 15.5. The molecule has 118 valence electrons. The van der Waals surface area contributed by atoms with Crippen LogP contribution in [0.5, 0.6) is 0 Å². The van der Waals surface area contributed by atoms with Gasteiger partial charge in [-0.05, 0) is 32.2 Å². The molecule has 0 saturated heterocycles. The minimum Gasteiger partial charge on any atom is -0.364 e. The number of fused-ring (bicyclic) bond motifs is 1. The predicted octanol–water partition coefficient (Wildman–Crippen LogP) is 2.33. The van der Waals surface area contributed by atoms with Crippen LogP contribution in [0.1, 0.15) is 29.6 Å². The van der Waals surface area contributed by atoms with Gasteiger partial charge in [-0.25, -0.2) is 4.98 Å². The third-order valence-electron chi connectivity index (χ3n) is 3.77. The van der Waals surface area contributed by atoms with Crippen molar-refractivity contribution in [1.29, 1.82) is 0 Å². The van der Waals surface area contributed by atoms with E-state index in [4.69, 9.17) is 4.52 Å². The molecule has 3 rings (SSSR count). The first kappa shape index (κ1) is 15.2. The number of carbonyl (C=O) groups is 1. The summed E-state index contributed by atoms with van der Waals surface area (Å²) in [5, 5.41) is 7.47. The number of thiazole rings is 1. The maximum Gasteiger partial charge on any atom is 0.240 e. The molecule has 2 heterocycles. The summed E-state index contributed by atoms with van der Waals surface area (Å²) >= 11 is 1.61. The van der Waals surface area contributed by atoms with Gasteiger partial charge in [-0.15, -0.1) is 11.3 Å². The Morgan fingerprint density at radius 1 is 1.59 bits per heavy atom. The summed E-state index contributed by atoms with van der Waals surface area (Å²) in [5.74, 6) is 0.662. The summed E-state index contributed by atoms with van der Waals surface area (Å²) in [4.78, 5) is 19.9. The number of hydrogen-bond donors (Lipinski definition) is 1. The van der Waals surface area contributed by atoms with Crippen LogP contribution in [0.3, 0.4) is 0 Å². The topological polar surface area (TPSA) is 71.3 Å². The van der Waals surface area contributed by atoms with Crippen molar-refractivity contribution < 1.29 is 9.32 Å². The second-order valence-electron chi connectivity index (χ2n) is 5.95. The minimum absolute atomic E-state index is 0.0508. The molecule has 0 aromatic carbocycles. The number of aromatic nitrogens is 2. The monoisotopic (exact) mass is 320 g/mol. The van der Waals surface area contributed by atoms with Crippen LogP contribution < -0.4 is 5.32 Å². The number of aryl methyl sites for hydroxylation is 1. The minimum atomic E-state index is -0.0508. The van der Waals surface area contributed by atoms with E-state index in [-0.39, 0.29) is 5.91 Å². The molecule has 7 heteroatoms. The van der Waals surface area contributed by atoms with Gasteiger partial charge in [0.15, 0.2) is 5.13 Å². The molecule has 1 amide bonds. The molecule has 1 unspecified atom stereocenters. The number of likely N-dealkylation sites (N-methyl/N-ethyl adjacent to an activating group) is 1. The normalized spacial score (nSPS) is 17.5. The van der Waals surface area contributed by atoms with Crippen molar-refractivity contribution in [2.45, 2.75) is 32.7 Å². The van der Waals surface area contributed by atoms with Crippen molar-refractivity contribution in [1.82, 2.24) is 15.0 Å². The summed E-state index contributed by atoms with van der Waals surface area (Å²) in [6, 6.07) is 1.80. The van der Waals surface area contributed by atoms with Crippen molar-refractivity contribution in [3.8, 4) is 0 Å². The fourth-order valence-electron chi connectivity index (χ4n) is 2.65. The van der Waals surface area contributed by atoms with Gasteiger partial charge in [0.2, 0.25) is 5.91 Å². The molecule has 0 radical (unpaired) electrons. The van der Waals surface area contributed by atoms with E-state index in [1.807, 2.05) is 11.9 Å². The van der Waals surface area contributed by atoms with Crippen molar-refractivity contribution in [2.75, 3.05) is 18.9 Å². The number of anilines is 1. The number of amides is 1. The Morgan fingerprint density at radius 2 is 2.45 bits per heavy atom. The van der Waals surface area contributed by atoms with Gasteiger partial charge in [0, 0.05) is 17.5 Å². The van der Waals surface area contributed by atoms with Crippen LogP contribution in [0.4, 0.5) is 5.13 Å². The Kier molecular flexibility index (Phi) is 4.54. The van der Waals surface area contributed by atoms with Gasteiger partial charge in [-0.1, -0.05) is 12.1 Å². The molecule has 0 spiro atoms. The molecule has 6 nitrogen and oxygen atoms in total. The lowest BCUT2D eigenvalue weighted by atomic mass is 9.93. The van der Waals surface area contributed by atoms with Gasteiger partial charge >= 0.3 is 0 Å². The van der Waals surface area contributed by atoms with E-state index in [9.17, 15) is 4.79 Å². The summed E-state index contributed by atoms with van der Waals surface area (Å²) in [6.07, 6.45) is 4.82. The largest absolute Gasteiger partial charge is 0.364 e. The van der Waals surface area contributed by atoms with E-state index < -0.39 is 0 Å². The van der Waals surface area contributed by atoms with Crippen molar-refractivity contribution in [2.24, 2.45) is 5.92 Å². The number of nitrogens with one attached hydrogen (secondary N) is 1. The Labute approximate surface area is 133 Å². The number of carbonyl (C=O) groups excluding carboxylic acids is 1. The summed E-state index contributed by atoms with van der Waals surface area (Å²) in [6.45, 7) is 3.14. The molecular formula is C15H20N4O2S. The molecule has 0 fully saturated rings. The quantitative estimate of drug-likeness (QED) is 0.915. The SMILES string of the molecule is CC1CCc2nc(NC(=O)CN(C)Cc3ccon3)sc2C1. The second-order valence-corrected chi connectivity index (χ2v) is 7.03. The molecule has 1 aliphatic carbocycles. The Hall–Kier alpha value is -1.73. The second kappa shape index (κ2) is 6.58. The van der Waals surface area contributed by atoms with Crippen LogP contribution in [0.2, 0.25) is 0 Å². The number of rotatable bonds is 5. The van der Waals surface area contributed by atoms with E-state index >= 15 is 0 Å². The molecule has 2 aromatic rings. The van der Waals surface area contributed by atoms with Crippen LogP contribution in [-0.2, 0) is 24.2 Å². The van der Waals surface area contributed by atoms with Crippen LogP contribution in [0.25, 0.3) is 0 Å². The smallest absolute Gasteiger partial charge is 0.240 e. The van der Waals surface area contributed by atoms with Crippen LogP contribution in [-0.4, -0.2) is 34.5 Å². The van der Waals surface area contributed by atoms with Gasteiger partial charge < -0.3 is 9.84 Å². The molecule has 1 aliphatic rings. The Balaban J connectivity index is 1.53. The van der Waals surface area contributed by atoms with E-state index in [0.29, 0.717) is 19.0 Å². The standard InChI is InChI=1S/C15H20N4O2S/c1-10-3-4-12-13(7-10)22-15(16-12)17-14(20)9-19(2)8-11-5-6-21-18-11/h5-6,10H,3-4,7-9H2,1-2H3,(H,16,17,20). The molecule has 0 aliphatic heterocycles. The Morgan fingerprint density at radius 3 is 3.23 bits per heavy atom. The lowest BCUT2D eigenvalue weighted by Gasteiger charge is -2.15. The van der Waals surface area contributed by atoms with Gasteiger partial charge in [-0.2, -0.15) is 0 Å². The average Bonchev–Trinajstić information content (AvgIpc) is 3.06. The summed E-state index contributed by atoms with van der Waals surface area (Å²) in [5.41, 5.74) is 1.98. The highest BCUT2D eigenvalue weighted by molar-refractivity contribution is 7.15. The van der Waals surface area contributed by atoms with Crippen molar-refractivity contribution in [3.05, 3.63) is 28.6 Å². The number of nitrogens with zero attached hydrogens (tertiary/aromatic N) is 3. The summed E-state index contributed by atoms with van der Waals surface area (Å²) in [7, 11) is 1.88. The van der Waals surface area contributed by atoms with E-state index in [1.165, 1.54) is 17.6 Å². The van der Waals surface area contributed by atoms with Gasteiger partial charge in [0.25, 0.3) is 0 Å². The third kappa shape index (κ3) is 3.72. The highest BCUT2D eigenvalue weighted by atomic mass is 32.1. The maximum atomic E-state index is 12.1. The first-order valence-electron chi connectivity index (χ1n) is 7.46. The van der Waals surface area contributed by atoms with Crippen LogP contribution >= 0.6 is 11.3 Å². The van der Waals surface area contributed by atoms with E-state index in [1.54, 1.807) is 17.4 Å². The fourth-order valence-corrected chi connectivity index (χ4v) is 3.84. The predicted molar refractivity (Wildman–Crippen MR) is 84.8 cm³/mol. The van der Waals surface area contributed by atoms with E-state index in [0.717, 1.165) is 29.4 Å². The van der Waals surface area contributed by atoms with Gasteiger partial charge in [0.05, 0.1) is 17.9 Å². The molecule has 1 N–H and O–H groups in total. The van der Waals surface area contributed by atoms with Crippen LogP contribution in [0.15, 0.2) is 16.9 Å². The molecule has 2 aromatic heterocycles. The van der Waals surface area contributed by atoms with Crippen molar-refractivity contribution in [3.63, 3.8) is 0 Å². The number of hydrogen-bond acceptors (Lipinski definition) is 6. The fraction of sp³-hybridized carbons (Fsp3) is 0.533. The van der Waals surface area contributed by atoms with Crippen LogP contribution in [0, 0.1) is 5.92 Å². The molecule has 0 bridgehead atoms. The Bertz CT molecular complexity index is 638. The molecule has 1 atom stereocenters. The first-order valence-corrected chi connectivity index (χ1v) is 8.28. The van der Waals surface area contributed by atoms with Gasteiger partial charge in [0.1, 0.15) is 6.26 Å². The summed E-state index contributed by atoms with van der Waals surface area (Å²) < 4.78 is 4.79. The highest BCUT2D eigenvalue weighted by Gasteiger charge is 2.20. The molecule has 0 saturated carbocycles. The zero-order valence-electron chi connectivity index (χ0n) is 12.8. The van der Waals surface area contributed by atoms with Crippen molar-refractivity contribution >= 4 is 22.4 Å². The lowest BCUT2D eigenvalue weighted by Crippen LogP contribution is -2.29. The lowest BCUT2D eigenvalue weighted by molar-refractivity contribution is -0.117. The molecular weight excluding hydrogens is 300 g/mol. The third-order valence-corrected chi connectivity index (χ3v) is 4.80. The maximum absolute atomic E-state index is 12.1. The van der Waals surface area contributed by atoms with Gasteiger partial charge in [-0.3, -0.25) is 9.69 Å². The average molecular weight is 320 g/mol. The highest BCUT2D eigenvalue weighted by Crippen LogP contribution is 2.31. The molecule has 22 heavy (non-hydrogen) atoms. The van der Waals surface area contributed by atoms with E-state index in [2.05, 4.69) is 22.4 Å².